The van der Waals surface area contributed by atoms with E-state index in [9.17, 15) is 5.11 Å². The standard InChI is InChI=1S/C30H30N6O2S/c1-38-28-14-8-21(18-31-28)20-7-13-25-26(16-20)39-30(34-25)36-27-17-23(15-19-5-3-2-4-6-19)33-29(35-27)32-22-9-11-24(37)12-10-22/h2-8,13-14,16-18,22,24,37H,9-12,15H2,1H3,(H2,32,33,34,35,36). The normalized spacial score (nSPS) is 17.2. The zero-order chi connectivity index (χ0) is 26.6. The van der Waals surface area contributed by atoms with Crippen LogP contribution in [0.5, 0.6) is 5.88 Å². The van der Waals surface area contributed by atoms with E-state index in [1.165, 1.54) is 5.56 Å². The Morgan fingerprint density at radius 1 is 0.923 bits per heavy atom. The number of nitrogens with one attached hydrogen (secondary N) is 2. The largest absolute Gasteiger partial charge is 0.481 e. The van der Waals surface area contributed by atoms with Gasteiger partial charge in [0, 0.05) is 36.4 Å². The van der Waals surface area contributed by atoms with Crippen molar-refractivity contribution in [2.24, 2.45) is 0 Å². The zero-order valence-corrected chi connectivity index (χ0v) is 22.5. The number of fused-ring (bicyclic) bond motifs is 1. The number of nitrogens with zero attached hydrogens (tertiary/aromatic N) is 4. The van der Waals surface area contributed by atoms with Crippen LogP contribution in [0.4, 0.5) is 16.9 Å². The SMILES string of the molecule is COc1ccc(-c2ccc3nc(Nc4cc(Cc5ccccc5)nc(NC5CCC(O)CC5)n4)sc3c2)cn1. The highest BCUT2D eigenvalue weighted by Crippen LogP contribution is 2.32. The monoisotopic (exact) mass is 538 g/mol. The Kier molecular flexibility index (Phi) is 7.33. The summed E-state index contributed by atoms with van der Waals surface area (Å²) in [4.78, 5) is 18.7. The fourth-order valence-electron chi connectivity index (χ4n) is 4.86. The molecule has 1 saturated carbocycles. The summed E-state index contributed by atoms with van der Waals surface area (Å²) >= 11 is 1.58. The molecule has 3 aromatic heterocycles. The first-order valence-corrected chi connectivity index (χ1v) is 14.0. The van der Waals surface area contributed by atoms with Crippen molar-refractivity contribution in [2.75, 3.05) is 17.7 Å². The summed E-state index contributed by atoms with van der Waals surface area (Å²) in [5.41, 5.74) is 5.13. The van der Waals surface area contributed by atoms with E-state index in [1.807, 2.05) is 48.7 Å². The first-order chi connectivity index (χ1) is 19.1. The van der Waals surface area contributed by atoms with Crippen LogP contribution >= 0.6 is 11.3 Å². The molecule has 0 amide bonds. The fraction of sp³-hybridized carbons (Fsp3) is 0.267. The number of thiazole rings is 1. The molecule has 6 rings (SSSR count). The van der Waals surface area contributed by atoms with Gasteiger partial charge in [0.15, 0.2) is 5.13 Å². The molecule has 0 bridgehead atoms. The van der Waals surface area contributed by atoms with Crippen LogP contribution in [0.1, 0.15) is 36.9 Å². The average molecular weight is 539 g/mol. The maximum Gasteiger partial charge on any atom is 0.225 e. The summed E-state index contributed by atoms with van der Waals surface area (Å²) in [6, 6.07) is 22.6. The van der Waals surface area contributed by atoms with Crippen molar-refractivity contribution in [1.82, 2.24) is 19.9 Å². The van der Waals surface area contributed by atoms with Gasteiger partial charge in [-0.3, -0.25) is 0 Å². The number of benzene rings is 2. The fourth-order valence-corrected chi connectivity index (χ4v) is 5.78. The molecule has 0 radical (unpaired) electrons. The van der Waals surface area contributed by atoms with E-state index in [0.717, 1.165) is 57.9 Å². The maximum absolute atomic E-state index is 9.89. The number of aromatic nitrogens is 4. The van der Waals surface area contributed by atoms with Gasteiger partial charge in [0.05, 0.1) is 29.1 Å². The van der Waals surface area contributed by atoms with Gasteiger partial charge in [-0.2, -0.15) is 4.98 Å². The van der Waals surface area contributed by atoms with Crippen molar-refractivity contribution in [3.05, 3.63) is 84.2 Å². The molecule has 9 heteroatoms. The van der Waals surface area contributed by atoms with Gasteiger partial charge in [-0.1, -0.05) is 47.7 Å². The Labute approximate surface area is 231 Å². The van der Waals surface area contributed by atoms with E-state index in [2.05, 4.69) is 39.9 Å². The van der Waals surface area contributed by atoms with E-state index >= 15 is 0 Å². The topological polar surface area (TPSA) is 105 Å². The molecule has 3 heterocycles. The van der Waals surface area contributed by atoms with Gasteiger partial charge in [-0.25, -0.2) is 15.0 Å². The molecule has 5 aromatic rings. The minimum Gasteiger partial charge on any atom is -0.481 e. The van der Waals surface area contributed by atoms with Gasteiger partial charge in [0.25, 0.3) is 0 Å². The molecule has 3 N–H and O–H groups in total. The van der Waals surface area contributed by atoms with Crippen molar-refractivity contribution in [2.45, 2.75) is 44.2 Å². The number of hydrogen-bond acceptors (Lipinski definition) is 9. The third kappa shape index (κ3) is 6.16. The van der Waals surface area contributed by atoms with E-state index < -0.39 is 0 Å². The number of anilines is 3. The Bertz CT molecular complexity index is 1550. The second-order valence-electron chi connectivity index (χ2n) is 9.80. The van der Waals surface area contributed by atoms with Crippen molar-refractivity contribution in [3.63, 3.8) is 0 Å². The van der Waals surface area contributed by atoms with Crippen LogP contribution in [-0.4, -0.2) is 44.3 Å². The number of hydrogen-bond donors (Lipinski definition) is 3. The molecule has 0 aliphatic heterocycles. The molecule has 39 heavy (non-hydrogen) atoms. The summed E-state index contributed by atoms with van der Waals surface area (Å²) in [5.74, 6) is 1.89. The molecule has 198 valence electrons. The molecule has 1 aliphatic rings. The molecule has 8 nitrogen and oxygen atoms in total. The van der Waals surface area contributed by atoms with Gasteiger partial charge in [0.1, 0.15) is 5.82 Å². The smallest absolute Gasteiger partial charge is 0.225 e. The van der Waals surface area contributed by atoms with Crippen LogP contribution in [0.25, 0.3) is 21.3 Å². The first-order valence-electron chi connectivity index (χ1n) is 13.2. The lowest BCUT2D eigenvalue weighted by molar-refractivity contribution is 0.126. The second kappa shape index (κ2) is 11.3. The van der Waals surface area contributed by atoms with E-state index in [-0.39, 0.29) is 12.1 Å². The number of aliphatic hydroxyl groups excluding tert-OH is 1. The summed E-state index contributed by atoms with van der Waals surface area (Å²) in [6.07, 6.45) is 5.72. The molecule has 1 fully saturated rings. The lowest BCUT2D eigenvalue weighted by Gasteiger charge is -2.26. The maximum atomic E-state index is 9.89. The lowest BCUT2D eigenvalue weighted by atomic mass is 9.93. The lowest BCUT2D eigenvalue weighted by Crippen LogP contribution is -2.29. The number of aliphatic hydroxyl groups is 1. The molecule has 0 atom stereocenters. The van der Waals surface area contributed by atoms with E-state index in [4.69, 9.17) is 19.7 Å². The van der Waals surface area contributed by atoms with Gasteiger partial charge in [-0.15, -0.1) is 0 Å². The third-order valence-electron chi connectivity index (χ3n) is 6.94. The van der Waals surface area contributed by atoms with Gasteiger partial charge < -0.3 is 20.5 Å². The molecule has 1 aliphatic carbocycles. The Morgan fingerprint density at radius 2 is 1.74 bits per heavy atom. The quantitative estimate of drug-likeness (QED) is 0.214. The summed E-state index contributed by atoms with van der Waals surface area (Å²) in [7, 11) is 1.61. The van der Waals surface area contributed by atoms with Crippen molar-refractivity contribution >= 4 is 38.5 Å². The van der Waals surface area contributed by atoms with Crippen molar-refractivity contribution in [1.29, 1.82) is 0 Å². The third-order valence-corrected chi connectivity index (χ3v) is 7.87. The second-order valence-corrected chi connectivity index (χ2v) is 10.8. The first kappa shape index (κ1) is 25.2. The predicted octanol–water partition coefficient (Wildman–Crippen LogP) is 6.21. The van der Waals surface area contributed by atoms with Crippen LogP contribution in [0.2, 0.25) is 0 Å². The molecular weight excluding hydrogens is 508 g/mol. The molecule has 0 saturated heterocycles. The molecular formula is C30H30N6O2S. The minimum absolute atomic E-state index is 0.203. The van der Waals surface area contributed by atoms with Crippen molar-refractivity contribution in [3.8, 4) is 17.0 Å². The minimum atomic E-state index is -0.203. The number of ether oxygens (including phenoxy) is 1. The Hall–Kier alpha value is -4.08. The van der Waals surface area contributed by atoms with Crippen LogP contribution in [0.3, 0.4) is 0 Å². The van der Waals surface area contributed by atoms with Crippen LogP contribution in [0, 0.1) is 0 Å². The molecule has 0 unspecified atom stereocenters. The van der Waals surface area contributed by atoms with Gasteiger partial charge in [-0.05, 0) is 55.0 Å². The Balaban J connectivity index is 1.26. The predicted molar refractivity (Wildman–Crippen MR) is 156 cm³/mol. The van der Waals surface area contributed by atoms with Crippen LogP contribution < -0.4 is 15.4 Å². The van der Waals surface area contributed by atoms with E-state index in [1.54, 1.807) is 18.4 Å². The highest BCUT2D eigenvalue weighted by atomic mass is 32.1. The van der Waals surface area contributed by atoms with Gasteiger partial charge >= 0.3 is 0 Å². The van der Waals surface area contributed by atoms with E-state index in [0.29, 0.717) is 24.1 Å². The molecule has 2 aromatic carbocycles. The Morgan fingerprint density at radius 3 is 2.51 bits per heavy atom. The summed E-state index contributed by atoms with van der Waals surface area (Å²) in [6.45, 7) is 0. The van der Waals surface area contributed by atoms with Crippen LogP contribution in [0.15, 0.2) is 72.9 Å². The number of pyridine rings is 1. The van der Waals surface area contributed by atoms with Gasteiger partial charge in [0.2, 0.25) is 11.8 Å². The summed E-state index contributed by atoms with van der Waals surface area (Å²) in [5, 5.41) is 17.6. The average Bonchev–Trinajstić information content (AvgIpc) is 3.36. The highest BCUT2D eigenvalue weighted by Gasteiger charge is 2.20. The molecule has 0 spiro atoms. The van der Waals surface area contributed by atoms with Crippen LogP contribution in [-0.2, 0) is 6.42 Å². The summed E-state index contributed by atoms with van der Waals surface area (Å²) < 4.78 is 6.25. The highest BCUT2D eigenvalue weighted by molar-refractivity contribution is 7.22. The number of methoxy groups -OCH3 is 1. The number of rotatable bonds is 8. The zero-order valence-electron chi connectivity index (χ0n) is 21.7. The van der Waals surface area contributed by atoms with Crippen molar-refractivity contribution < 1.29 is 9.84 Å².